The third-order valence-corrected chi connectivity index (χ3v) is 4.50. The average Bonchev–Trinajstić information content (AvgIpc) is 2.57. The maximum absolute atomic E-state index is 13.2. The summed E-state index contributed by atoms with van der Waals surface area (Å²) in [5, 5.41) is 2.46. The minimum atomic E-state index is -4.76. The number of alkyl halides is 3. The molecule has 0 atom stereocenters. The first-order valence-electron chi connectivity index (χ1n) is 7.38. The largest absolute Gasteiger partial charge is 0.418 e. The Morgan fingerprint density at radius 2 is 1.88 bits per heavy atom. The van der Waals surface area contributed by atoms with E-state index in [4.69, 9.17) is 0 Å². The molecule has 0 fully saturated rings. The molecule has 26 heavy (non-hydrogen) atoms. The number of benzene rings is 1. The molecule has 6 nitrogen and oxygen atoms in total. The molecule has 2 aromatic rings. The van der Waals surface area contributed by atoms with E-state index in [9.17, 15) is 26.4 Å². The summed E-state index contributed by atoms with van der Waals surface area (Å²) in [5.41, 5.74) is -1.06. The van der Waals surface area contributed by atoms with E-state index in [1.807, 2.05) is 0 Å². The third-order valence-electron chi connectivity index (χ3n) is 3.38. The fourth-order valence-electron chi connectivity index (χ4n) is 2.20. The predicted octanol–water partition coefficient (Wildman–Crippen LogP) is 2.18. The minimum absolute atomic E-state index is 0.0746. The van der Waals surface area contributed by atoms with E-state index in [1.54, 1.807) is 18.3 Å². The molecule has 0 radical (unpaired) electrons. The number of halogens is 3. The SMILES string of the molecule is CS(=O)(=O)N(CC(=O)NCc1cccnc1)c1ccccc1C(F)(F)F. The molecule has 1 aromatic carbocycles. The number of sulfonamides is 1. The van der Waals surface area contributed by atoms with Crippen LogP contribution >= 0.6 is 0 Å². The van der Waals surface area contributed by atoms with Crippen LogP contribution < -0.4 is 9.62 Å². The quantitative estimate of drug-likeness (QED) is 0.824. The van der Waals surface area contributed by atoms with Crippen LogP contribution in [0.15, 0.2) is 48.8 Å². The van der Waals surface area contributed by atoms with Crippen molar-refractivity contribution in [3.05, 3.63) is 59.9 Å². The van der Waals surface area contributed by atoms with E-state index in [2.05, 4.69) is 10.3 Å². The number of hydrogen-bond acceptors (Lipinski definition) is 4. The van der Waals surface area contributed by atoms with E-state index in [0.29, 0.717) is 9.87 Å². The van der Waals surface area contributed by atoms with Crippen LogP contribution in [-0.2, 0) is 27.5 Å². The summed E-state index contributed by atoms with van der Waals surface area (Å²) < 4.78 is 63.9. The van der Waals surface area contributed by atoms with Crippen LogP contribution in [0.3, 0.4) is 0 Å². The van der Waals surface area contributed by atoms with Gasteiger partial charge in [0, 0.05) is 18.9 Å². The maximum atomic E-state index is 13.2. The van der Waals surface area contributed by atoms with E-state index in [-0.39, 0.29) is 6.54 Å². The van der Waals surface area contributed by atoms with Crippen LogP contribution in [0.2, 0.25) is 0 Å². The molecule has 1 amide bonds. The van der Waals surface area contributed by atoms with Crippen molar-refractivity contribution in [1.82, 2.24) is 10.3 Å². The first-order valence-corrected chi connectivity index (χ1v) is 9.23. The lowest BCUT2D eigenvalue weighted by Crippen LogP contribution is -2.41. The number of aromatic nitrogens is 1. The van der Waals surface area contributed by atoms with E-state index < -0.39 is 39.9 Å². The van der Waals surface area contributed by atoms with Gasteiger partial charge in [0.05, 0.1) is 17.5 Å². The minimum Gasteiger partial charge on any atom is -0.350 e. The van der Waals surface area contributed by atoms with Crippen molar-refractivity contribution in [2.45, 2.75) is 12.7 Å². The van der Waals surface area contributed by atoms with Gasteiger partial charge in [0.15, 0.2) is 0 Å². The van der Waals surface area contributed by atoms with Crippen molar-refractivity contribution in [2.75, 3.05) is 17.1 Å². The fraction of sp³-hybridized carbons (Fsp3) is 0.250. The third kappa shape index (κ3) is 5.19. The van der Waals surface area contributed by atoms with E-state index in [1.165, 1.54) is 12.3 Å². The van der Waals surface area contributed by atoms with Gasteiger partial charge in [-0.3, -0.25) is 14.1 Å². The molecule has 0 aliphatic rings. The van der Waals surface area contributed by atoms with E-state index in [0.717, 1.165) is 24.5 Å². The van der Waals surface area contributed by atoms with Crippen LogP contribution in [0.1, 0.15) is 11.1 Å². The second-order valence-electron chi connectivity index (χ2n) is 5.42. The molecule has 1 N–H and O–H groups in total. The summed E-state index contributed by atoms with van der Waals surface area (Å²) >= 11 is 0. The molecule has 0 saturated heterocycles. The fourth-order valence-corrected chi connectivity index (χ4v) is 3.07. The topological polar surface area (TPSA) is 79.4 Å². The van der Waals surface area contributed by atoms with Gasteiger partial charge in [0.1, 0.15) is 6.54 Å². The maximum Gasteiger partial charge on any atom is 0.418 e. The van der Waals surface area contributed by atoms with Gasteiger partial charge in [-0.05, 0) is 23.8 Å². The average molecular weight is 387 g/mol. The van der Waals surface area contributed by atoms with Crippen LogP contribution in [0.5, 0.6) is 0 Å². The van der Waals surface area contributed by atoms with Gasteiger partial charge in [-0.25, -0.2) is 8.42 Å². The molecular formula is C16H16F3N3O3S. The standard InChI is InChI=1S/C16H16F3N3O3S/c1-26(24,25)22(14-7-3-2-6-13(14)16(17,18)19)11-15(23)21-10-12-5-4-8-20-9-12/h2-9H,10-11H2,1H3,(H,21,23). The van der Waals surface area contributed by atoms with Crippen molar-refractivity contribution >= 4 is 21.6 Å². The molecule has 2 rings (SSSR count). The molecule has 0 bridgehead atoms. The van der Waals surface area contributed by atoms with Gasteiger partial charge in [0.2, 0.25) is 15.9 Å². The van der Waals surface area contributed by atoms with Crippen molar-refractivity contribution in [3.63, 3.8) is 0 Å². The zero-order valence-corrected chi connectivity index (χ0v) is 14.5. The lowest BCUT2D eigenvalue weighted by Gasteiger charge is -2.25. The summed E-state index contributed by atoms with van der Waals surface area (Å²) in [6.07, 6.45) is -0.960. The van der Waals surface area contributed by atoms with Gasteiger partial charge >= 0.3 is 6.18 Å². The molecule has 1 heterocycles. The smallest absolute Gasteiger partial charge is 0.350 e. The normalized spacial score (nSPS) is 11.8. The first kappa shape index (κ1) is 19.7. The molecule has 140 valence electrons. The van der Waals surface area contributed by atoms with Crippen LogP contribution in [0.25, 0.3) is 0 Å². The Hall–Kier alpha value is -2.62. The number of pyridine rings is 1. The highest BCUT2D eigenvalue weighted by atomic mass is 32.2. The molecule has 10 heteroatoms. The number of carbonyl (C=O) groups is 1. The Labute approximate surface area is 148 Å². The molecule has 1 aromatic heterocycles. The highest BCUT2D eigenvalue weighted by molar-refractivity contribution is 7.92. The van der Waals surface area contributed by atoms with Gasteiger partial charge < -0.3 is 5.32 Å². The second-order valence-corrected chi connectivity index (χ2v) is 7.33. The Morgan fingerprint density at radius 3 is 2.46 bits per heavy atom. The summed E-state index contributed by atoms with van der Waals surface area (Å²) in [7, 11) is -4.12. The number of nitrogens with zero attached hydrogens (tertiary/aromatic N) is 2. The molecule has 0 aliphatic heterocycles. The Kier molecular flexibility index (Phi) is 5.86. The Morgan fingerprint density at radius 1 is 1.19 bits per heavy atom. The lowest BCUT2D eigenvalue weighted by molar-refractivity contribution is -0.137. The second kappa shape index (κ2) is 7.73. The summed E-state index contributed by atoms with van der Waals surface area (Å²) in [5.74, 6) is -0.740. The number of para-hydroxylation sites is 1. The lowest BCUT2D eigenvalue weighted by atomic mass is 10.1. The Bertz CT molecular complexity index is 871. The van der Waals surface area contributed by atoms with E-state index >= 15 is 0 Å². The number of nitrogens with one attached hydrogen (secondary N) is 1. The van der Waals surface area contributed by atoms with Gasteiger partial charge in [-0.1, -0.05) is 18.2 Å². The van der Waals surface area contributed by atoms with Gasteiger partial charge in [-0.15, -0.1) is 0 Å². The number of amides is 1. The van der Waals surface area contributed by atoms with Crippen LogP contribution in [0.4, 0.5) is 18.9 Å². The summed E-state index contributed by atoms with van der Waals surface area (Å²) in [4.78, 5) is 16.0. The summed E-state index contributed by atoms with van der Waals surface area (Å²) in [6.45, 7) is -0.697. The van der Waals surface area contributed by atoms with Gasteiger partial charge in [0.25, 0.3) is 0 Å². The first-order chi connectivity index (χ1) is 12.1. The monoisotopic (exact) mass is 387 g/mol. The molecule has 0 saturated carbocycles. The van der Waals surface area contributed by atoms with Gasteiger partial charge in [-0.2, -0.15) is 13.2 Å². The van der Waals surface area contributed by atoms with Crippen LogP contribution in [0, 0.1) is 0 Å². The van der Waals surface area contributed by atoms with Crippen molar-refractivity contribution in [2.24, 2.45) is 0 Å². The molecular weight excluding hydrogens is 371 g/mol. The number of carbonyl (C=O) groups excluding carboxylic acids is 1. The zero-order valence-electron chi connectivity index (χ0n) is 13.7. The highest BCUT2D eigenvalue weighted by Gasteiger charge is 2.36. The van der Waals surface area contributed by atoms with Crippen molar-refractivity contribution < 1.29 is 26.4 Å². The summed E-state index contributed by atoms with van der Waals surface area (Å²) in [6, 6.07) is 7.55. The molecule has 0 aliphatic carbocycles. The molecule has 0 unspecified atom stereocenters. The predicted molar refractivity (Wildman–Crippen MR) is 89.7 cm³/mol. The molecule has 0 spiro atoms. The highest BCUT2D eigenvalue weighted by Crippen LogP contribution is 2.37. The van der Waals surface area contributed by atoms with Crippen molar-refractivity contribution in [3.8, 4) is 0 Å². The zero-order chi connectivity index (χ0) is 19.4. The number of hydrogen-bond donors (Lipinski definition) is 1. The van der Waals surface area contributed by atoms with Crippen molar-refractivity contribution in [1.29, 1.82) is 0 Å². The number of rotatable bonds is 6. The Balaban J connectivity index is 2.23. The van der Waals surface area contributed by atoms with Crippen LogP contribution in [-0.4, -0.2) is 32.1 Å². The number of anilines is 1.